The lowest BCUT2D eigenvalue weighted by atomic mass is 9.79. The average Bonchev–Trinajstić information content (AvgIpc) is 3.05. The molecule has 6 rings (SSSR count). The lowest BCUT2D eigenvalue weighted by molar-refractivity contribution is 0.103. The van der Waals surface area contributed by atoms with Gasteiger partial charge in [-0.25, -0.2) is 0 Å². The van der Waals surface area contributed by atoms with Gasteiger partial charge in [0.1, 0.15) is 11.5 Å². The van der Waals surface area contributed by atoms with Gasteiger partial charge in [-0.2, -0.15) is 0 Å². The van der Waals surface area contributed by atoms with Gasteiger partial charge in [-0.15, -0.1) is 0 Å². The van der Waals surface area contributed by atoms with Gasteiger partial charge in [0.05, 0.1) is 5.57 Å². The maximum absolute atomic E-state index is 13.5. The van der Waals surface area contributed by atoms with Crippen LogP contribution in [0.15, 0.2) is 90.5 Å². The average molecular weight is 395 g/mol. The van der Waals surface area contributed by atoms with E-state index in [1.54, 1.807) is 0 Å². The molecular weight excluding hydrogens is 380 g/mol. The first-order valence-electron chi connectivity index (χ1n) is 9.56. The monoisotopic (exact) mass is 394 g/mol. The molecule has 1 heterocycles. The van der Waals surface area contributed by atoms with E-state index in [9.17, 15) is 4.79 Å². The van der Waals surface area contributed by atoms with E-state index >= 15 is 0 Å². The van der Waals surface area contributed by atoms with Crippen LogP contribution >= 0.6 is 11.6 Å². The standard InChI is InChI=1S/C26H15ClO2/c27-20-12-6-5-11-19(20)23-22-16-8-2-1-7-15(16)13-14-21(22)29-26-18-10-4-3-9-17(18)25(28)24(23)26/h1-14,23H. The molecule has 29 heavy (non-hydrogen) atoms. The second-order valence-corrected chi connectivity index (χ2v) is 7.78. The fourth-order valence-electron chi connectivity index (χ4n) is 4.58. The molecule has 1 atom stereocenters. The Morgan fingerprint density at radius 1 is 0.759 bits per heavy atom. The van der Waals surface area contributed by atoms with Crippen LogP contribution in [0.25, 0.3) is 16.5 Å². The lowest BCUT2D eigenvalue weighted by Crippen LogP contribution is -2.18. The molecule has 3 heteroatoms. The van der Waals surface area contributed by atoms with E-state index in [1.165, 1.54) is 0 Å². The van der Waals surface area contributed by atoms with Crippen LogP contribution in [0, 0.1) is 0 Å². The van der Waals surface area contributed by atoms with E-state index in [0.717, 1.165) is 33.2 Å². The minimum absolute atomic E-state index is 0.0131. The molecule has 0 fully saturated rings. The van der Waals surface area contributed by atoms with E-state index in [4.69, 9.17) is 16.3 Å². The number of carbonyl (C=O) groups is 1. The Hall–Kier alpha value is -3.36. The molecule has 0 saturated carbocycles. The molecule has 0 bridgehead atoms. The molecule has 138 valence electrons. The first-order chi connectivity index (χ1) is 14.2. The maximum Gasteiger partial charge on any atom is 0.194 e. The Balaban J connectivity index is 1.72. The minimum Gasteiger partial charge on any atom is -0.456 e. The van der Waals surface area contributed by atoms with Crippen molar-refractivity contribution < 1.29 is 9.53 Å². The number of fused-ring (bicyclic) bond motifs is 5. The van der Waals surface area contributed by atoms with E-state index in [0.29, 0.717) is 21.9 Å². The molecule has 4 aromatic carbocycles. The topological polar surface area (TPSA) is 26.3 Å². The van der Waals surface area contributed by atoms with Gasteiger partial charge >= 0.3 is 0 Å². The Morgan fingerprint density at radius 2 is 1.48 bits per heavy atom. The summed E-state index contributed by atoms with van der Waals surface area (Å²) < 4.78 is 6.37. The van der Waals surface area contributed by atoms with Crippen LogP contribution in [0.4, 0.5) is 0 Å². The summed E-state index contributed by atoms with van der Waals surface area (Å²) in [5, 5.41) is 2.83. The number of benzene rings is 4. The van der Waals surface area contributed by atoms with Crippen molar-refractivity contribution in [3.8, 4) is 5.75 Å². The van der Waals surface area contributed by atoms with Gasteiger partial charge in [0.2, 0.25) is 0 Å². The van der Waals surface area contributed by atoms with Crippen LogP contribution in [0.1, 0.15) is 33.0 Å². The predicted molar refractivity (Wildman–Crippen MR) is 116 cm³/mol. The smallest absolute Gasteiger partial charge is 0.194 e. The number of Topliss-reactive ketones (excluding diaryl/α,β-unsaturated/α-hetero) is 1. The van der Waals surface area contributed by atoms with E-state index in [-0.39, 0.29) is 11.7 Å². The first kappa shape index (κ1) is 16.6. The Bertz CT molecular complexity index is 1370. The van der Waals surface area contributed by atoms with Gasteiger partial charge in [-0.3, -0.25) is 4.79 Å². The molecule has 1 unspecified atom stereocenters. The fraction of sp³-hybridized carbons (Fsp3) is 0.0385. The van der Waals surface area contributed by atoms with Crippen LogP contribution in [0.5, 0.6) is 5.75 Å². The Kier molecular flexibility index (Phi) is 3.47. The first-order valence-corrected chi connectivity index (χ1v) is 9.94. The van der Waals surface area contributed by atoms with Crippen molar-refractivity contribution in [3.63, 3.8) is 0 Å². The van der Waals surface area contributed by atoms with Crippen molar-refractivity contribution in [1.82, 2.24) is 0 Å². The van der Waals surface area contributed by atoms with Gasteiger partial charge in [0.25, 0.3) is 0 Å². The molecule has 0 amide bonds. The molecule has 1 aliphatic heterocycles. The highest BCUT2D eigenvalue weighted by molar-refractivity contribution is 6.32. The Morgan fingerprint density at radius 3 is 2.34 bits per heavy atom. The highest BCUT2D eigenvalue weighted by Crippen LogP contribution is 2.53. The van der Waals surface area contributed by atoms with E-state index in [1.807, 2.05) is 66.7 Å². The summed E-state index contributed by atoms with van der Waals surface area (Å²) in [7, 11) is 0. The summed E-state index contributed by atoms with van der Waals surface area (Å²) in [6.07, 6.45) is 0. The van der Waals surface area contributed by atoms with Crippen molar-refractivity contribution in [2.24, 2.45) is 0 Å². The molecule has 1 aliphatic carbocycles. The molecule has 0 spiro atoms. The summed E-state index contributed by atoms with van der Waals surface area (Å²) >= 11 is 6.65. The lowest BCUT2D eigenvalue weighted by Gasteiger charge is -2.29. The maximum atomic E-state index is 13.5. The molecule has 0 N–H and O–H groups in total. The molecule has 0 radical (unpaired) electrons. The highest BCUT2D eigenvalue weighted by atomic mass is 35.5. The van der Waals surface area contributed by atoms with Crippen LogP contribution in [-0.4, -0.2) is 5.78 Å². The molecule has 4 aromatic rings. The summed E-state index contributed by atoms with van der Waals surface area (Å²) in [5.74, 6) is 1.16. The fourth-order valence-corrected chi connectivity index (χ4v) is 4.83. The van der Waals surface area contributed by atoms with Crippen LogP contribution in [0.2, 0.25) is 5.02 Å². The third kappa shape index (κ3) is 2.27. The summed E-state index contributed by atoms with van der Waals surface area (Å²) in [5.41, 5.74) is 4.12. The summed E-state index contributed by atoms with van der Waals surface area (Å²) in [4.78, 5) is 13.5. The van der Waals surface area contributed by atoms with Crippen LogP contribution in [-0.2, 0) is 0 Å². The minimum atomic E-state index is -0.284. The largest absolute Gasteiger partial charge is 0.456 e. The number of rotatable bonds is 1. The zero-order valence-electron chi connectivity index (χ0n) is 15.4. The summed E-state index contributed by atoms with van der Waals surface area (Å²) in [6.45, 7) is 0. The molecule has 2 aliphatic rings. The SMILES string of the molecule is O=C1C2=C(Oc3ccc4ccccc4c3C2c2ccccc2Cl)c2ccccc21. The van der Waals surface area contributed by atoms with E-state index in [2.05, 4.69) is 18.2 Å². The number of carbonyl (C=O) groups excluding carboxylic acids is 1. The molecule has 0 aromatic heterocycles. The van der Waals surface area contributed by atoms with Crippen molar-refractivity contribution in [2.45, 2.75) is 5.92 Å². The van der Waals surface area contributed by atoms with Gasteiger partial charge in [-0.05, 0) is 28.5 Å². The van der Waals surface area contributed by atoms with Crippen LogP contribution in [0.3, 0.4) is 0 Å². The highest BCUT2D eigenvalue weighted by Gasteiger charge is 2.42. The number of ketones is 1. The van der Waals surface area contributed by atoms with Crippen molar-refractivity contribution in [2.75, 3.05) is 0 Å². The normalized spacial score (nSPS) is 17.0. The Labute approximate surface area is 173 Å². The van der Waals surface area contributed by atoms with Gasteiger partial charge in [-0.1, -0.05) is 84.4 Å². The molecular formula is C26H15ClO2. The second-order valence-electron chi connectivity index (χ2n) is 7.37. The third-order valence-electron chi connectivity index (χ3n) is 5.84. The zero-order chi connectivity index (χ0) is 19.5. The predicted octanol–water partition coefficient (Wildman–Crippen LogP) is 6.63. The van der Waals surface area contributed by atoms with Crippen LogP contribution < -0.4 is 4.74 Å². The number of hydrogen-bond acceptors (Lipinski definition) is 2. The zero-order valence-corrected chi connectivity index (χ0v) is 16.1. The molecule has 2 nitrogen and oxygen atoms in total. The van der Waals surface area contributed by atoms with Crippen molar-refractivity contribution in [3.05, 3.63) is 118 Å². The number of halogens is 1. The van der Waals surface area contributed by atoms with Gasteiger partial charge < -0.3 is 4.74 Å². The second kappa shape index (κ2) is 6.07. The number of ether oxygens (including phenoxy) is 1. The number of allylic oxidation sites excluding steroid dienone is 1. The number of hydrogen-bond donors (Lipinski definition) is 0. The van der Waals surface area contributed by atoms with E-state index < -0.39 is 0 Å². The summed E-state index contributed by atoms with van der Waals surface area (Å²) in [6, 6.07) is 27.7. The van der Waals surface area contributed by atoms with Gasteiger partial charge in [0.15, 0.2) is 5.78 Å². The van der Waals surface area contributed by atoms with Crippen molar-refractivity contribution in [1.29, 1.82) is 0 Å². The van der Waals surface area contributed by atoms with Crippen molar-refractivity contribution >= 4 is 33.9 Å². The molecule has 0 saturated heterocycles. The third-order valence-corrected chi connectivity index (χ3v) is 6.19. The quantitative estimate of drug-likeness (QED) is 0.362. The van der Waals surface area contributed by atoms with Gasteiger partial charge in [0, 0.05) is 27.6 Å².